The maximum atomic E-state index is 13.3. The second-order valence-electron chi connectivity index (χ2n) is 4.83. The van der Waals surface area contributed by atoms with Gasteiger partial charge in [0.2, 0.25) is 0 Å². The Bertz CT molecular complexity index is 456. The van der Waals surface area contributed by atoms with E-state index < -0.39 is 11.8 Å². The van der Waals surface area contributed by atoms with Crippen molar-refractivity contribution in [1.29, 1.82) is 0 Å². The Balaban J connectivity index is 2.00. The molecule has 0 bridgehead atoms. The maximum Gasteiger partial charge on any atom is 0.338 e. The highest BCUT2D eigenvalue weighted by atomic mass is 19.1. The van der Waals surface area contributed by atoms with Crippen LogP contribution < -0.4 is 0 Å². The van der Waals surface area contributed by atoms with Gasteiger partial charge in [0, 0.05) is 26.7 Å². The second kappa shape index (κ2) is 6.12. The molecule has 1 aliphatic rings. The van der Waals surface area contributed by atoms with Crippen LogP contribution in [0.25, 0.3) is 0 Å². The van der Waals surface area contributed by atoms with Crippen molar-refractivity contribution in [1.82, 2.24) is 4.90 Å². The van der Waals surface area contributed by atoms with Gasteiger partial charge >= 0.3 is 5.97 Å². The van der Waals surface area contributed by atoms with Crippen LogP contribution in [0.5, 0.6) is 0 Å². The zero-order valence-corrected chi connectivity index (χ0v) is 10.9. The molecule has 1 heterocycles. The number of methoxy groups -OCH3 is 1. The quantitative estimate of drug-likeness (QED) is 0.908. The molecule has 0 spiro atoms. The summed E-state index contributed by atoms with van der Waals surface area (Å²) in [6, 6.07) is 4.28. The average Bonchev–Trinajstić information content (AvgIpc) is 2.41. The number of carboxylic acid groups (broad SMARTS) is 1. The topological polar surface area (TPSA) is 49.8 Å². The van der Waals surface area contributed by atoms with E-state index in [1.165, 1.54) is 12.1 Å². The largest absolute Gasteiger partial charge is 0.478 e. The Morgan fingerprint density at radius 2 is 2.16 bits per heavy atom. The lowest BCUT2D eigenvalue weighted by molar-refractivity contribution is 0.0388. The van der Waals surface area contributed by atoms with E-state index in [0.717, 1.165) is 31.5 Å². The van der Waals surface area contributed by atoms with Crippen LogP contribution in [0.15, 0.2) is 18.2 Å². The monoisotopic (exact) mass is 267 g/mol. The van der Waals surface area contributed by atoms with Crippen LogP contribution in [0, 0.1) is 5.82 Å². The minimum absolute atomic E-state index is 0.260. The van der Waals surface area contributed by atoms with Crippen molar-refractivity contribution in [3.05, 3.63) is 35.1 Å². The van der Waals surface area contributed by atoms with Gasteiger partial charge in [0.15, 0.2) is 0 Å². The third-order valence-corrected chi connectivity index (χ3v) is 3.54. The highest BCUT2D eigenvalue weighted by Crippen LogP contribution is 2.17. The SMILES string of the molecule is COC1CCN(Cc2ccc(F)c(C(=O)O)c2)CC1. The van der Waals surface area contributed by atoms with Crippen LogP contribution in [-0.4, -0.2) is 42.3 Å². The van der Waals surface area contributed by atoms with E-state index in [9.17, 15) is 9.18 Å². The Kier molecular flexibility index (Phi) is 4.50. The first kappa shape index (κ1) is 14.0. The maximum absolute atomic E-state index is 13.3. The first-order valence-corrected chi connectivity index (χ1v) is 6.37. The number of hydrogen-bond donors (Lipinski definition) is 1. The van der Waals surface area contributed by atoms with E-state index >= 15 is 0 Å². The van der Waals surface area contributed by atoms with E-state index in [0.29, 0.717) is 12.6 Å². The van der Waals surface area contributed by atoms with Crippen molar-refractivity contribution >= 4 is 5.97 Å². The van der Waals surface area contributed by atoms with Gasteiger partial charge in [-0.25, -0.2) is 9.18 Å². The first-order chi connectivity index (χ1) is 9.10. The molecule has 0 unspecified atom stereocenters. The molecule has 0 aromatic heterocycles. The summed E-state index contributed by atoms with van der Waals surface area (Å²) in [6.45, 7) is 2.48. The molecule has 0 aliphatic carbocycles. The molecule has 1 aromatic carbocycles. The molecule has 1 aromatic rings. The summed E-state index contributed by atoms with van der Waals surface area (Å²) in [5, 5.41) is 8.89. The van der Waals surface area contributed by atoms with Crippen molar-refractivity contribution < 1.29 is 19.0 Å². The number of likely N-dealkylation sites (tertiary alicyclic amines) is 1. The van der Waals surface area contributed by atoms with Gasteiger partial charge in [-0.2, -0.15) is 0 Å². The molecule has 1 saturated heterocycles. The number of nitrogens with zero attached hydrogens (tertiary/aromatic N) is 1. The smallest absolute Gasteiger partial charge is 0.338 e. The summed E-state index contributed by atoms with van der Waals surface area (Å²) in [6.07, 6.45) is 2.27. The summed E-state index contributed by atoms with van der Waals surface area (Å²) in [7, 11) is 1.72. The number of benzene rings is 1. The van der Waals surface area contributed by atoms with Crippen molar-refractivity contribution in [2.75, 3.05) is 20.2 Å². The lowest BCUT2D eigenvalue weighted by Gasteiger charge is -2.31. The summed E-state index contributed by atoms with van der Waals surface area (Å²) in [4.78, 5) is 13.1. The van der Waals surface area contributed by atoms with Crippen molar-refractivity contribution in [2.24, 2.45) is 0 Å². The van der Waals surface area contributed by atoms with Crippen LogP contribution in [0.3, 0.4) is 0 Å². The highest BCUT2D eigenvalue weighted by molar-refractivity contribution is 5.88. The Morgan fingerprint density at radius 3 is 2.74 bits per heavy atom. The Hall–Kier alpha value is -1.46. The summed E-state index contributed by atoms with van der Waals surface area (Å²) >= 11 is 0. The molecular weight excluding hydrogens is 249 g/mol. The van der Waals surface area contributed by atoms with Gasteiger partial charge in [0.25, 0.3) is 0 Å². The van der Waals surface area contributed by atoms with Crippen LogP contribution in [0.1, 0.15) is 28.8 Å². The average molecular weight is 267 g/mol. The lowest BCUT2D eigenvalue weighted by atomic mass is 10.1. The molecule has 1 fully saturated rings. The van der Waals surface area contributed by atoms with Crippen molar-refractivity contribution in [3.63, 3.8) is 0 Å². The van der Waals surface area contributed by atoms with Gasteiger partial charge in [-0.15, -0.1) is 0 Å². The van der Waals surface area contributed by atoms with Crippen LogP contribution in [0.4, 0.5) is 4.39 Å². The van der Waals surface area contributed by atoms with Gasteiger partial charge in [0.1, 0.15) is 5.82 Å². The molecule has 5 heteroatoms. The van der Waals surface area contributed by atoms with Crippen molar-refractivity contribution in [2.45, 2.75) is 25.5 Å². The van der Waals surface area contributed by atoms with E-state index in [1.807, 2.05) is 0 Å². The molecular formula is C14H18FNO3. The zero-order valence-electron chi connectivity index (χ0n) is 10.9. The van der Waals surface area contributed by atoms with Gasteiger partial charge in [-0.1, -0.05) is 6.07 Å². The number of hydrogen-bond acceptors (Lipinski definition) is 3. The molecule has 0 radical (unpaired) electrons. The number of carboxylic acids is 1. The second-order valence-corrected chi connectivity index (χ2v) is 4.83. The number of carbonyl (C=O) groups is 1. The van der Waals surface area contributed by atoms with E-state index in [2.05, 4.69) is 4.90 Å². The predicted molar refractivity (Wildman–Crippen MR) is 68.7 cm³/mol. The molecule has 0 atom stereocenters. The number of piperidine rings is 1. The summed E-state index contributed by atoms with van der Waals surface area (Å²) in [5.74, 6) is -1.91. The molecule has 0 saturated carbocycles. The third kappa shape index (κ3) is 3.52. The number of ether oxygens (including phenoxy) is 1. The fourth-order valence-electron chi connectivity index (χ4n) is 2.40. The van der Waals surface area contributed by atoms with E-state index in [-0.39, 0.29) is 5.56 Å². The minimum Gasteiger partial charge on any atom is -0.478 e. The lowest BCUT2D eigenvalue weighted by Crippen LogP contribution is -2.36. The molecule has 2 rings (SSSR count). The number of rotatable bonds is 4. The Labute approximate surface area is 111 Å². The predicted octanol–water partition coefficient (Wildman–Crippen LogP) is 2.13. The third-order valence-electron chi connectivity index (χ3n) is 3.54. The number of aromatic carboxylic acids is 1. The fourth-order valence-corrected chi connectivity index (χ4v) is 2.40. The molecule has 0 amide bonds. The number of halogens is 1. The van der Waals surface area contributed by atoms with Crippen LogP contribution in [-0.2, 0) is 11.3 Å². The molecule has 1 N–H and O–H groups in total. The molecule has 19 heavy (non-hydrogen) atoms. The highest BCUT2D eigenvalue weighted by Gasteiger charge is 2.19. The molecule has 4 nitrogen and oxygen atoms in total. The normalized spacial score (nSPS) is 17.6. The Morgan fingerprint density at radius 1 is 1.47 bits per heavy atom. The fraction of sp³-hybridized carbons (Fsp3) is 0.500. The minimum atomic E-state index is -1.22. The zero-order chi connectivity index (χ0) is 13.8. The summed E-state index contributed by atoms with van der Waals surface area (Å²) in [5.41, 5.74) is 0.568. The van der Waals surface area contributed by atoms with Gasteiger partial charge in [-0.05, 0) is 30.5 Å². The summed E-state index contributed by atoms with van der Waals surface area (Å²) < 4.78 is 18.6. The molecule has 104 valence electrons. The van der Waals surface area contributed by atoms with E-state index in [4.69, 9.17) is 9.84 Å². The molecule has 1 aliphatic heterocycles. The van der Waals surface area contributed by atoms with Gasteiger partial charge < -0.3 is 9.84 Å². The standard InChI is InChI=1S/C14H18FNO3/c1-19-11-4-6-16(7-5-11)9-10-2-3-13(15)12(8-10)14(17)18/h2-3,8,11H,4-7,9H2,1H3,(H,17,18). The van der Waals surface area contributed by atoms with Crippen molar-refractivity contribution in [3.8, 4) is 0 Å². The first-order valence-electron chi connectivity index (χ1n) is 6.37. The van der Waals surface area contributed by atoms with Gasteiger partial charge in [0.05, 0.1) is 11.7 Å². The van der Waals surface area contributed by atoms with Crippen LogP contribution in [0.2, 0.25) is 0 Å². The van der Waals surface area contributed by atoms with E-state index in [1.54, 1.807) is 13.2 Å². The van der Waals surface area contributed by atoms with Gasteiger partial charge in [-0.3, -0.25) is 4.90 Å². The van der Waals surface area contributed by atoms with Crippen LogP contribution >= 0.6 is 0 Å².